The lowest BCUT2D eigenvalue weighted by Crippen LogP contribution is -2.47. The minimum Gasteiger partial charge on any atom is -0.379 e. The first kappa shape index (κ1) is 15.5. The fourth-order valence-electron chi connectivity index (χ4n) is 2.96. The molecule has 5 nitrogen and oxygen atoms in total. The van der Waals surface area contributed by atoms with Gasteiger partial charge in [-0.25, -0.2) is 0 Å². The molecule has 2 rings (SSSR count). The number of nitrogens with one attached hydrogen (secondary N) is 1. The van der Waals surface area contributed by atoms with E-state index in [0.717, 1.165) is 25.0 Å². The van der Waals surface area contributed by atoms with E-state index in [1.54, 1.807) is 7.11 Å². The Hall–Kier alpha value is -0.910. The van der Waals surface area contributed by atoms with E-state index < -0.39 is 0 Å². The van der Waals surface area contributed by atoms with E-state index in [9.17, 15) is 0 Å². The lowest BCUT2D eigenvalue weighted by molar-refractivity contribution is 0.0507. The van der Waals surface area contributed by atoms with Crippen molar-refractivity contribution < 1.29 is 4.74 Å². The Morgan fingerprint density at radius 3 is 2.65 bits per heavy atom. The minimum atomic E-state index is 0.137. The molecule has 114 valence electrons. The number of ether oxygens (including phenoxy) is 1. The SMILES string of the molecule is CCC(CC)n1ccc(CC(NN)C(OC)C2CC2)n1. The quantitative estimate of drug-likeness (QED) is 0.537. The van der Waals surface area contributed by atoms with Crippen LogP contribution in [0.5, 0.6) is 0 Å². The van der Waals surface area contributed by atoms with Crippen molar-refractivity contribution in [3.05, 3.63) is 18.0 Å². The molecule has 0 aliphatic heterocycles. The summed E-state index contributed by atoms with van der Waals surface area (Å²) in [4.78, 5) is 0. The van der Waals surface area contributed by atoms with E-state index in [-0.39, 0.29) is 12.1 Å². The first-order valence-electron chi connectivity index (χ1n) is 7.76. The van der Waals surface area contributed by atoms with E-state index in [2.05, 4.69) is 36.2 Å². The largest absolute Gasteiger partial charge is 0.379 e. The summed E-state index contributed by atoms with van der Waals surface area (Å²) in [6.07, 6.45) is 7.81. The highest BCUT2D eigenvalue weighted by Crippen LogP contribution is 2.36. The molecule has 1 aliphatic carbocycles. The van der Waals surface area contributed by atoms with Crippen LogP contribution in [0.4, 0.5) is 0 Å². The van der Waals surface area contributed by atoms with Crippen LogP contribution < -0.4 is 11.3 Å². The van der Waals surface area contributed by atoms with Crippen molar-refractivity contribution >= 4 is 0 Å². The highest BCUT2D eigenvalue weighted by atomic mass is 16.5. The highest BCUT2D eigenvalue weighted by molar-refractivity contribution is 5.04. The third-order valence-corrected chi connectivity index (χ3v) is 4.38. The van der Waals surface area contributed by atoms with Gasteiger partial charge >= 0.3 is 0 Å². The first-order valence-corrected chi connectivity index (χ1v) is 7.76. The average molecular weight is 280 g/mol. The molecule has 0 aromatic carbocycles. The number of methoxy groups -OCH3 is 1. The monoisotopic (exact) mass is 280 g/mol. The van der Waals surface area contributed by atoms with Gasteiger partial charge in [0.2, 0.25) is 0 Å². The summed E-state index contributed by atoms with van der Waals surface area (Å²) >= 11 is 0. The van der Waals surface area contributed by atoms with Crippen molar-refractivity contribution in [2.75, 3.05) is 7.11 Å². The van der Waals surface area contributed by atoms with Gasteiger partial charge in [0, 0.05) is 19.7 Å². The van der Waals surface area contributed by atoms with Gasteiger partial charge in [-0.2, -0.15) is 5.10 Å². The van der Waals surface area contributed by atoms with Gasteiger partial charge in [0.15, 0.2) is 0 Å². The van der Waals surface area contributed by atoms with Crippen molar-refractivity contribution in [1.29, 1.82) is 0 Å². The van der Waals surface area contributed by atoms with Gasteiger partial charge in [-0.3, -0.25) is 16.0 Å². The van der Waals surface area contributed by atoms with Crippen LogP contribution in [0.2, 0.25) is 0 Å². The third kappa shape index (κ3) is 3.59. The first-order chi connectivity index (χ1) is 9.73. The molecule has 0 saturated heterocycles. The molecule has 2 atom stereocenters. The smallest absolute Gasteiger partial charge is 0.0769 e. The Kier molecular flexibility index (Phi) is 5.57. The molecule has 0 bridgehead atoms. The summed E-state index contributed by atoms with van der Waals surface area (Å²) in [5, 5.41) is 4.70. The van der Waals surface area contributed by atoms with Crippen molar-refractivity contribution in [1.82, 2.24) is 15.2 Å². The number of nitrogens with two attached hydrogens (primary N) is 1. The summed E-state index contributed by atoms with van der Waals surface area (Å²) in [5.74, 6) is 6.37. The molecule has 2 unspecified atom stereocenters. The van der Waals surface area contributed by atoms with Gasteiger partial charge < -0.3 is 4.74 Å². The zero-order chi connectivity index (χ0) is 14.5. The normalized spacial score (nSPS) is 18.4. The molecule has 1 aromatic rings. The van der Waals surface area contributed by atoms with Crippen LogP contribution in [0.15, 0.2) is 12.3 Å². The number of hydrogen-bond donors (Lipinski definition) is 2. The Balaban J connectivity index is 2.00. The summed E-state index contributed by atoms with van der Waals surface area (Å²) in [6.45, 7) is 4.40. The second-order valence-electron chi connectivity index (χ2n) is 5.77. The lowest BCUT2D eigenvalue weighted by atomic mass is 10.0. The predicted octanol–water partition coefficient (Wildman–Crippen LogP) is 2.04. The second kappa shape index (κ2) is 7.20. The van der Waals surface area contributed by atoms with Crippen LogP contribution in [0.1, 0.15) is 51.3 Å². The molecule has 1 aromatic heterocycles. The average Bonchev–Trinajstić information content (AvgIpc) is 3.20. The van der Waals surface area contributed by atoms with Crippen molar-refractivity contribution in [3.63, 3.8) is 0 Å². The van der Waals surface area contributed by atoms with Crippen molar-refractivity contribution in [2.24, 2.45) is 11.8 Å². The van der Waals surface area contributed by atoms with Gasteiger partial charge in [-0.05, 0) is 37.7 Å². The molecule has 20 heavy (non-hydrogen) atoms. The summed E-state index contributed by atoms with van der Waals surface area (Å²) in [6, 6.07) is 2.73. The van der Waals surface area contributed by atoms with Gasteiger partial charge in [0.25, 0.3) is 0 Å². The molecule has 0 spiro atoms. The molecule has 1 fully saturated rings. The van der Waals surface area contributed by atoms with Crippen LogP contribution in [0, 0.1) is 5.92 Å². The Morgan fingerprint density at radius 1 is 1.45 bits per heavy atom. The molecule has 1 aliphatic rings. The highest BCUT2D eigenvalue weighted by Gasteiger charge is 2.36. The van der Waals surface area contributed by atoms with Gasteiger partial charge in [-0.1, -0.05) is 13.8 Å². The molecule has 1 heterocycles. The molecular weight excluding hydrogens is 252 g/mol. The fraction of sp³-hybridized carbons (Fsp3) is 0.800. The Labute approximate surface area is 121 Å². The maximum absolute atomic E-state index is 5.72. The Bertz CT molecular complexity index is 398. The van der Waals surface area contributed by atoms with Gasteiger partial charge in [-0.15, -0.1) is 0 Å². The van der Waals surface area contributed by atoms with Crippen LogP contribution in [0.25, 0.3) is 0 Å². The van der Waals surface area contributed by atoms with Crippen LogP contribution in [-0.2, 0) is 11.2 Å². The summed E-state index contributed by atoms with van der Waals surface area (Å²) < 4.78 is 7.70. The van der Waals surface area contributed by atoms with E-state index in [4.69, 9.17) is 15.7 Å². The topological polar surface area (TPSA) is 65.1 Å². The van der Waals surface area contributed by atoms with Gasteiger partial charge in [0.05, 0.1) is 23.9 Å². The number of hydrazine groups is 1. The van der Waals surface area contributed by atoms with Gasteiger partial charge in [0.1, 0.15) is 0 Å². The number of rotatable bonds is 9. The van der Waals surface area contributed by atoms with E-state index in [1.165, 1.54) is 12.8 Å². The predicted molar refractivity (Wildman–Crippen MR) is 80.2 cm³/mol. The maximum atomic E-state index is 5.72. The van der Waals surface area contributed by atoms with Crippen molar-refractivity contribution in [2.45, 2.75) is 64.1 Å². The van der Waals surface area contributed by atoms with Crippen molar-refractivity contribution in [3.8, 4) is 0 Å². The third-order valence-electron chi connectivity index (χ3n) is 4.38. The van der Waals surface area contributed by atoms with E-state index in [0.29, 0.717) is 12.0 Å². The number of hydrogen-bond acceptors (Lipinski definition) is 4. The Morgan fingerprint density at radius 2 is 2.15 bits per heavy atom. The molecule has 3 N–H and O–H groups in total. The van der Waals surface area contributed by atoms with Crippen LogP contribution in [-0.4, -0.2) is 29.0 Å². The molecule has 0 amide bonds. The zero-order valence-electron chi connectivity index (χ0n) is 12.9. The summed E-state index contributed by atoms with van der Waals surface area (Å²) in [7, 11) is 1.77. The van der Waals surface area contributed by atoms with E-state index in [1.807, 2.05) is 0 Å². The zero-order valence-corrected chi connectivity index (χ0v) is 12.9. The second-order valence-corrected chi connectivity index (χ2v) is 5.77. The molecule has 5 heteroatoms. The van der Waals surface area contributed by atoms with Crippen LogP contribution in [0.3, 0.4) is 0 Å². The van der Waals surface area contributed by atoms with Crippen LogP contribution >= 0.6 is 0 Å². The van der Waals surface area contributed by atoms with E-state index >= 15 is 0 Å². The minimum absolute atomic E-state index is 0.137. The maximum Gasteiger partial charge on any atom is 0.0769 e. The molecule has 1 saturated carbocycles. The standard InChI is InChI=1S/C15H28N4O/c1-4-13(5-2)19-9-8-12(18-19)10-14(17-16)15(20-3)11-6-7-11/h8-9,11,13-15,17H,4-7,10,16H2,1-3H3. The number of aromatic nitrogens is 2. The summed E-state index contributed by atoms with van der Waals surface area (Å²) in [5.41, 5.74) is 4.00. The lowest BCUT2D eigenvalue weighted by Gasteiger charge is -2.24. The number of nitrogens with zero attached hydrogens (tertiary/aromatic N) is 2. The fourth-order valence-corrected chi connectivity index (χ4v) is 2.96. The molecular formula is C15H28N4O. The molecule has 0 radical (unpaired) electrons.